The van der Waals surface area contributed by atoms with Gasteiger partial charge in [0.1, 0.15) is 5.82 Å². The molecule has 2 rings (SSSR count). The standard InChI is InChI=1S/C10H9ClN2S/c1-14-9-6-7(11)2-3-8(9)10-12-4-5-13-10/h2-6H,1H3,(H,12,13). The van der Waals surface area contributed by atoms with Gasteiger partial charge >= 0.3 is 0 Å². The molecular weight excluding hydrogens is 216 g/mol. The topological polar surface area (TPSA) is 28.7 Å². The number of thioether (sulfide) groups is 1. The lowest BCUT2D eigenvalue weighted by Gasteiger charge is -2.04. The van der Waals surface area contributed by atoms with E-state index in [0.717, 1.165) is 21.3 Å². The van der Waals surface area contributed by atoms with Crippen LogP contribution < -0.4 is 0 Å². The first-order valence-electron chi connectivity index (χ1n) is 4.14. The molecule has 0 saturated heterocycles. The van der Waals surface area contributed by atoms with E-state index in [2.05, 4.69) is 9.97 Å². The van der Waals surface area contributed by atoms with Crippen molar-refractivity contribution >= 4 is 23.4 Å². The summed E-state index contributed by atoms with van der Waals surface area (Å²) in [6.07, 6.45) is 5.58. The number of benzene rings is 1. The number of imidazole rings is 1. The summed E-state index contributed by atoms with van der Waals surface area (Å²) in [6.45, 7) is 0. The Bertz CT molecular complexity index is 426. The number of hydrogen-bond donors (Lipinski definition) is 1. The van der Waals surface area contributed by atoms with Crippen molar-refractivity contribution in [3.8, 4) is 11.4 Å². The Balaban J connectivity index is 2.53. The van der Waals surface area contributed by atoms with Crippen LogP contribution in [0.2, 0.25) is 5.02 Å². The van der Waals surface area contributed by atoms with Crippen LogP contribution in [0.4, 0.5) is 0 Å². The number of hydrogen-bond acceptors (Lipinski definition) is 2. The Morgan fingerprint density at radius 1 is 1.43 bits per heavy atom. The van der Waals surface area contributed by atoms with E-state index in [-0.39, 0.29) is 0 Å². The Labute approximate surface area is 91.7 Å². The molecule has 0 amide bonds. The van der Waals surface area contributed by atoms with Crippen molar-refractivity contribution in [1.82, 2.24) is 9.97 Å². The van der Waals surface area contributed by atoms with Gasteiger partial charge in [-0.2, -0.15) is 0 Å². The van der Waals surface area contributed by atoms with Crippen LogP contribution in [0.3, 0.4) is 0 Å². The lowest BCUT2D eigenvalue weighted by Crippen LogP contribution is -1.83. The molecule has 72 valence electrons. The van der Waals surface area contributed by atoms with Gasteiger partial charge < -0.3 is 4.98 Å². The maximum Gasteiger partial charge on any atom is 0.138 e. The molecule has 2 aromatic rings. The van der Waals surface area contributed by atoms with Crippen LogP contribution in [0.15, 0.2) is 35.5 Å². The van der Waals surface area contributed by atoms with Gasteiger partial charge in [0.2, 0.25) is 0 Å². The van der Waals surface area contributed by atoms with Crippen LogP contribution in [0.5, 0.6) is 0 Å². The zero-order valence-corrected chi connectivity index (χ0v) is 9.19. The zero-order valence-electron chi connectivity index (χ0n) is 7.62. The SMILES string of the molecule is CSc1cc(Cl)ccc1-c1ncc[nH]1. The molecule has 0 atom stereocenters. The van der Waals surface area contributed by atoms with Crippen molar-refractivity contribution in [2.75, 3.05) is 6.26 Å². The number of aromatic nitrogens is 2. The fourth-order valence-corrected chi connectivity index (χ4v) is 2.14. The first-order chi connectivity index (χ1) is 6.81. The molecule has 0 fully saturated rings. The van der Waals surface area contributed by atoms with Gasteiger partial charge in [-0.15, -0.1) is 11.8 Å². The highest BCUT2D eigenvalue weighted by molar-refractivity contribution is 7.98. The van der Waals surface area contributed by atoms with Crippen LogP contribution in [0.1, 0.15) is 0 Å². The third-order valence-corrected chi connectivity index (χ3v) is 2.93. The van der Waals surface area contributed by atoms with Gasteiger partial charge in [0.05, 0.1) is 0 Å². The molecule has 1 aromatic carbocycles. The zero-order chi connectivity index (χ0) is 9.97. The van der Waals surface area contributed by atoms with Crippen molar-refractivity contribution in [3.05, 3.63) is 35.6 Å². The van der Waals surface area contributed by atoms with Crippen molar-refractivity contribution in [2.24, 2.45) is 0 Å². The molecule has 0 unspecified atom stereocenters. The van der Waals surface area contributed by atoms with Gasteiger partial charge in [0, 0.05) is 27.9 Å². The van der Waals surface area contributed by atoms with E-state index in [1.54, 1.807) is 18.0 Å². The molecule has 0 saturated carbocycles. The Kier molecular flexibility index (Phi) is 2.79. The van der Waals surface area contributed by atoms with Crippen LogP contribution in [-0.2, 0) is 0 Å². The molecule has 1 heterocycles. The number of H-pyrrole nitrogens is 1. The molecular formula is C10H9ClN2S. The number of nitrogens with one attached hydrogen (secondary N) is 1. The van der Waals surface area contributed by atoms with Crippen molar-refractivity contribution in [1.29, 1.82) is 0 Å². The maximum atomic E-state index is 5.91. The second-order valence-electron chi connectivity index (χ2n) is 2.78. The minimum absolute atomic E-state index is 0.754. The Morgan fingerprint density at radius 3 is 2.93 bits per heavy atom. The molecule has 1 N–H and O–H groups in total. The largest absolute Gasteiger partial charge is 0.345 e. The second kappa shape index (κ2) is 4.07. The third kappa shape index (κ3) is 1.79. The minimum atomic E-state index is 0.754. The van der Waals surface area contributed by atoms with Gasteiger partial charge in [-0.25, -0.2) is 4.98 Å². The first kappa shape index (κ1) is 9.62. The van der Waals surface area contributed by atoms with E-state index in [0.29, 0.717) is 0 Å². The summed E-state index contributed by atoms with van der Waals surface area (Å²) >= 11 is 7.58. The average Bonchev–Trinajstić information content (AvgIpc) is 2.70. The van der Waals surface area contributed by atoms with Crippen molar-refractivity contribution < 1.29 is 0 Å². The predicted octanol–water partition coefficient (Wildman–Crippen LogP) is 3.45. The number of nitrogens with zero attached hydrogens (tertiary/aromatic N) is 1. The Hall–Kier alpha value is -0.930. The van der Waals surface area contributed by atoms with E-state index in [1.165, 1.54) is 0 Å². The molecule has 0 bridgehead atoms. The lowest BCUT2D eigenvalue weighted by molar-refractivity contribution is 1.27. The third-order valence-electron chi connectivity index (χ3n) is 1.92. The van der Waals surface area contributed by atoms with Crippen molar-refractivity contribution in [2.45, 2.75) is 4.90 Å². The van der Waals surface area contributed by atoms with Gasteiger partial charge in [0.25, 0.3) is 0 Å². The molecule has 0 spiro atoms. The van der Waals surface area contributed by atoms with Gasteiger partial charge in [-0.05, 0) is 24.5 Å². The minimum Gasteiger partial charge on any atom is -0.345 e. The molecule has 0 aliphatic carbocycles. The summed E-state index contributed by atoms with van der Waals surface area (Å²) in [7, 11) is 0. The van der Waals surface area contributed by atoms with Gasteiger partial charge in [0.15, 0.2) is 0 Å². The summed E-state index contributed by atoms with van der Waals surface area (Å²) in [4.78, 5) is 8.42. The summed E-state index contributed by atoms with van der Waals surface area (Å²) in [5.74, 6) is 0.881. The predicted molar refractivity (Wildman–Crippen MR) is 60.8 cm³/mol. The highest BCUT2D eigenvalue weighted by Gasteiger charge is 2.06. The maximum absolute atomic E-state index is 5.91. The molecule has 0 aliphatic heterocycles. The monoisotopic (exact) mass is 224 g/mol. The molecule has 2 nitrogen and oxygen atoms in total. The van der Waals surface area contributed by atoms with Crippen LogP contribution >= 0.6 is 23.4 Å². The first-order valence-corrected chi connectivity index (χ1v) is 5.75. The van der Waals surface area contributed by atoms with Crippen molar-refractivity contribution in [3.63, 3.8) is 0 Å². The van der Waals surface area contributed by atoms with E-state index < -0.39 is 0 Å². The molecule has 1 aromatic heterocycles. The van der Waals surface area contributed by atoms with E-state index >= 15 is 0 Å². The summed E-state index contributed by atoms with van der Waals surface area (Å²) in [5, 5.41) is 0.754. The van der Waals surface area contributed by atoms with Gasteiger partial charge in [-0.1, -0.05) is 11.6 Å². The van der Waals surface area contributed by atoms with E-state index in [9.17, 15) is 0 Å². The van der Waals surface area contributed by atoms with E-state index in [4.69, 9.17) is 11.6 Å². The average molecular weight is 225 g/mol. The molecule has 0 aliphatic rings. The normalized spacial score (nSPS) is 10.4. The molecule has 14 heavy (non-hydrogen) atoms. The summed E-state index contributed by atoms with van der Waals surface area (Å²) < 4.78 is 0. The summed E-state index contributed by atoms with van der Waals surface area (Å²) in [5.41, 5.74) is 1.09. The fraction of sp³-hybridized carbons (Fsp3) is 0.100. The second-order valence-corrected chi connectivity index (χ2v) is 4.07. The number of rotatable bonds is 2. The summed E-state index contributed by atoms with van der Waals surface area (Å²) in [6, 6.07) is 5.80. The fourth-order valence-electron chi connectivity index (χ4n) is 1.27. The Morgan fingerprint density at radius 2 is 2.29 bits per heavy atom. The van der Waals surface area contributed by atoms with Gasteiger partial charge in [-0.3, -0.25) is 0 Å². The van der Waals surface area contributed by atoms with E-state index in [1.807, 2.05) is 30.7 Å². The number of halogens is 1. The van der Waals surface area contributed by atoms with Crippen LogP contribution in [0.25, 0.3) is 11.4 Å². The lowest BCUT2D eigenvalue weighted by atomic mass is 10.2. The molecule has 4 heteroatoms. The quantitative estimate of drug-likeness (QED) is 0.792. The van der Waals surface area contributed by atoms with Crippen LogP contribution in [0, 0.1) is 0 Å². The smallest absolute Gasteiger partial charge is 0.138 e. The highest BCUT2D eigenvalue weighted by atomic mass is 35.5. The van der Waals surface area contributed by atoms with Crippen LogP contribution in [-0.4, -0.2) is 16.2 Å². The molecule has 0 radical (unpaired) electrons. The highest BCUT2D eigenvalue weighted by Crippen LogP contribution is 2.30. The number of aromatic amines is 1.